The summed E-state index contributed by atoms with van der Waals surface area (Å²) in [6.07, 6.45) is 0. The van der Waals surface area contributed by atoms with Crippen molar-refractivity contribution in [2.75, 3.05) is 0 Å². The summed E-state index contributed by atoms with van der Waals surface area (Å²) in [5.41, 5.74) is 7.43. The van der Waals surface area contributed by atoms with Crippen molar-refractivity contribution in [3.05, 3.63) is 132 Å². The lowest BCUT2D eigenvalue weighted by Gasteiger charge is -2.18. The maximum atomic E-state index is 6.17. The van der Waals surface area contributed by atoms with Crippen LogP contribution in [0.1, 0.15) is 0 Å². The van der Waals surface area contributed by atoms with E-state index >= 15 is 0 Å². The molecule has 0 unspecified atom stereocenters. The maximum Gasteiger partial charge on any atom is 0.0406 e. The first kappa shape index (κ1) is 20.3. The van der Waals surface area contributed by atoms with Crippen molar-refractivity contribution >= 4 is 43.9 Å². The van der Waals surface area contributed by atoms with Crippen LogP contribution in [0.4, 0.5) is 0 Å². The molecule has 0 fully saturated rings. The second-order valence-electron chi connectivity index (χ2n) is 9.07. The van der Waals surface area contributed by atoms with E-state index < -0.39 is 0 Å². The third kappa shape index (κ3) is 3.22. The fourth-order valence-corrected chi connectivity index (χ4v) is 5.63. The molecule has 0 bridgehead atoms. The van der Waals surface area contributed by atoms with Crippen LogP contribution in [0.5, 0.6) is 0 Å². The van der Waals surface area contributed by atoms with Gasteiger partial charge in [0.25, 0.3) is 0 Å². The summed E-state index contributed by atoms with van der Waals surface area (Å²) in [5.74, 6) is 0. The maximum absolute atomic E-state index is 6.17. The van der Waals surface area contributed by atoms with E-state index in [1.807, 2.05) is 12.1 Å². The van der Waals surface area contributed by atoms with Crippen molar-refractivity contribution in [3.63, 3.8) is 0 Å². The lowest BCUT2D eigenvalue weighted by Crippen LogP contribution is -1.91. The predicted molar refractivity (Wildman–Crippen MR) is 151 cm³/mol. The fraction of sp³-hybridized carbons (Fsp3) is 0. The summed E-state index contributed by atoms with van der Waals surface area (Å²) in [4.78, 5) is 0. The molecule has 0 amide bonds. The minimum Gasteiger partial charge on any atom is -0.0843 e. The van der Waals surface area contributed by atoms with Crippen LogP contribution < -0.4 is 0 Å². The first-order chi connectivity index (χ1) is 17.3. The highest BCUT2D eigenvalue weighted by Crippen LogP contribution is 2.43. The van der Waals surface area contributed by atoms with Crippen LogP contribution in [0.25, 0.3) is 65.7 Å². The smallest absolute Gasteiger partial charge is 0.0406 e. The third-order valence-corrected chi connectivity index (χ3v) is 7.37. The van der Waals surface area contributed by atoms with Gasteiger partial charge in [0.15, 0.2) is 0 Å². The van der Waals surface area contributed by atoms with Crippen LogP contribution in [0.15, 0.2) is 127 Å². The first-order valence-electron chi connectivity index (χ1n) is 11.9. The van der Waals surface area contributed by atoms with E-state index in [-0.39, 0.29) is 0 Å². The fourth-order valence-electron chi connectivity index (χ4n) is 5.50. The van der Waals surface area contributed by atoms with Crippen molar-refractivity contribution < 1.29 is 0 Å². The Bertz CT molecular complexity index is 1830. The highest BCUT2D eigenvalue weighted by atomic mass is 35.5. The van der Waals surface area contributed by atoms with Gasteiger partial charge in [-0.25, -0.2) is 0 Å². The van der Waals surface area contributed by atoms with E-state index in [0.717, 1.165) is 5.02 Å². The molecule has 0 saturated carbocycles. The Morgan fingerprint density at radius 2 is 0.857 bits per heavy atom. The van der Waals surface area contributed by atoms with E-state index in [1.54, 1.807) is 0 Å². The average molecular weight is 465 g/mol. The van der Waals surface area contributed by atoms with E-state index in [0.29, 0.717) is 0 Å². The summed E-state index contributed by atoms with van der Waals surface area (Å²) in [6.45, 7) is 0. The average Bonchev–Trinajstić information content (AvgIpc) is 2.92. The second-order valence-corrected chi connectivity index (χ2v) is 9.50. The highest BCUT2D eigenvalue weighted by molar-refractivity contribution is 6.31. The molecule has 0 saturated heterocycles. The molecule has 0 heterocycles. The number of hydrogen-bond acceptors (Lipinski definition) is 0. The Kier molecular flexibility index (Phi) is 4.62. The van der Waals surface area contributed by atoms with Crippen LogP contribution in [0.3, 0.4) is 0 Å². The van der Waals surface area contributed by atoms with Gasteiger partial charge in [-0.2, -0.15) is 0 Å². The molecule has 0 aromatic heterocycles. The highest BCUT2D eigenvalue weighted by Gasteiger charge is 2.16. The lowest BCUT2D eigenvalue weighted by atomic mass is 9.86. The number of rotatable bonds is 3. The molecule has 7 rings (SSSR count). The molecule has 164 valence electrons. The monoisotopic (exact) mass is 464 g/mol. The van der Waals surface area contributed by atoms with Gasteiger partial charge in [-0.05, 0) is 77.8 Å². The van der Waals surface area contributed by atoms with E-state index in [2.05, 4.69) is 115 Å². The number of benzene rings is 7. The van der Waals surface area contributed by atoms with Gasteiger partial charge < -0.3 is 0 Å². The van der Waals surface area contributed by atoms with Crippen LogP contribution in [0.2, 0.25) is 5.02 Å². The van der Waals surface area contributed by atoms with Gasteiger partial charge >= 0.3 is 0 Å². The quantitative estimate of drug-likeness (QED) is 0.228. The predicted octanol–water partition coefficient (Wildman–Crippen LogP) is 10.2. The van der Waals surface area contributed by atoms with Crippen molar-refractivity contribution in [1.82, 2.24) is 0 Å². The molecule has 0 aliphatic carbocycles. The molecular formula is C34H21Cl. The standard InChI is InChI=1S/C34H21Cl/c35-26-16-10-23(11-17-26)28-18-12-24-15-21-32-30(19-13-25-14-20-31(28)33(24)34(25)32)29-9-5-4-8-27(29)22-6-2-1-3-7-22/h1-21H. The summed E-state index contributed by atoms with van der Waals surface area (Å²) >= 11 is 6.17. The zero-order valence-electron chi connectivity index (χ0n) is 19.0. The van der Waals surface area contributed by atoms with Crippen molar-refractivity contribution in [3.8, 4) is 33.4 Å². The number of hydrogen-bond donors (Lipinski definition) is 0. The molecule has 0 nitrogen and oxygen atoms in total. The largest absolute Gasteiger partial charge is 0.0843 e. The zero-order valence-corrected chi connectivity index (χ0v) is 19.8. The van der Waals surface area contributed by atoms with Gasteiger partial charge in [-0.15, -0.1) is 0 Å². The molecule has 0 N–H and O–H groups in total. The van der Waals surface area contributed by atoms with Gasteiger partial charge in [0.1, 0.15) is 0 Å². The van der Waals surface area contributed by atoms with E-state index in [4.69, 9.17) is 11.6 Å². The van der Waals surface area contributed by atoms with Gasteiger partial charge in [-0.3, -0.25) is 0 Å². The molecule has 0 aliphatic heterocycles. The second kappa shape index (κ2) is 7.98. The van der Waals surface area contributed by atoms with Crippen molar-refractivity contribution in [2.45, 2.75) is 0 Å². The van der Waals surface area contributed by atoms with E-state index in [9.17, 15) is 0 Å². The van der Waals surface area contributed by atoms with Crippen LogP contribution >= 0.6 is 11.6 Å². The summed E-state index contributed by atoms with van der Waals surface area (Å²) in [7, 11) is 0. The van der Waals surface area contributed by atoms with Crippen molar-refractivity contribution in [2.24, 2.45) is 0 Å². The molecule has 0 spiro atoms. The molecule has 1 heteroatoms. The Morgan fingerprint density at radius 1 is 0.343 bits per heavy atom. The Morgan fingerprint density at radius 3 is 1.54 bits per heavy atom. The van der Waals surface area contributed by atoms with Gasteiger partial charge in [0.2, 0.25) is 0 Å². The topological polar surface area (TPSA) is 0 Å². The van der Waals surface area contributed by atoms with Gasteiger partial charge in [-0.1, -0.05) is 127 Å². The molecule has 35 heavy (non-hydrogen) atoms. The minimum atomic E-state index is 0.758. The third-order valence-electron chi connectivity index (χ3n) is 7.12. The first-order valence-corrected chi connectivity index (χ1v) is 12.3. The molecular weight excluding hydrogens is 444 g/mol. The van der Waals surface area contributed by atoms with Crippen molar-refractivity contribution in [1.29, 1.82) is 0 Å². The summed E-state index contributed by atoms with van der Waals surface area (Å²) in [5, 5.41) is 8.51. The Balaban J connectivity index is 1.54. The SMILES string of the molecule is Clc1ccc(-c2ccc3ccc4c(-c5ccccc5-c5ccccc5)ccc5ccc2c3c54)cc1. The zero-order chi connectivity index (χ0) is 23.4. The van der Waals surface area contributed by atoms with E-state index in [1.165, 1.54) is 65.7 Å². The van der Waals surface area contributed by atoms with Gasteiger partial charge in [0, 0.05) is 5.02 Å². The van der Waals surface area contributed by atoms with Crippen LogP contribution in [0, 0.1) is 0 Å². The Labute approximate surface area is 209 Å². The Hall–Kier alpha value is -4.13. The molecule has 0 aliphatic rings. The van der Waals surface area contributed by atoms with Crippen LogP contribution in [-0.4, -0.2) is 0 Å². The molecule has 7 aromatic rings. The lowest BCUT2D eigenvalue weighted by molar-refractivity contribution is 1.60. The molecule has 7 aromatic carbocycles. The number of halogens is 1. The minimum absolute atomic E-state index is 0.758. The van der Waals surface area contributed by atoms with Crippen LogP contribution in [-0.2, 0) is 0 Å². The molecule has 0 atom stereocenters. The van der Waals surface area contributed by atoms with Gasteiger partial charge in [0.05, 0.1) is 0 Å². The molecule has 0 radical (unpaired) electrons. The summed E-state index contributed by atoms with van der Waals surface area (Å²) in [6, 6.07) is 45.7. The normalized spacial score (nSPS) is 11.6. The summed E-state index contributed by atoms with van der Waals surface area (Å²) < 4.78 is 0.